The highest BCUT2D eigenvalue weighted by Crippen LogP contribution is 2.10. The van der Waals surface area contributed by atoms with Crippen LogP contribution in [0.3, 0.4) is 0 Å². The molecular formula is C6H10N2OS. The Balaban J connectivity index is 2.42. The van der Waals surface area contributed by atoms with Crippen LogP contribution in [0.1, 0.15) is 5.69 Å². The molecule has 0 aliphatic rings. The molecule has 0 saturated heterocycles. The first-order valence-electron chi connectivity index (χ1n) is 3.01. The van der Waals surface area contributed by atoms with Gasteiger partial charge in [-0.1, -0.05) is 0 Å². The minimum atomic E-state index is 0.631. The summed E-state index contributed by atoms with van der Waals surface area (Å²) >= 11 is 1.47. The molecule has 1 rings (SSSR count). The Hall–Kier alpha value is -0.610. The fraction of sp³-hybridized carbons (Fsp3) is 0.500. The van der Waals surface area contributed by atoms with Gasteiger partial charge in [0.2, 0.25) is 0 Å². The molecule has 0 atom stereocenters. The van der Waals surface area contributed by atoms with Crippen molar-refractivity contribution < 1.29 is 4.74 Å². The molecular weight excluding hydrogens is 148 g/mol. The van der Waals surface area contributed by atoms with E-state index < -0.39 is 0 Å². The molecule has 0 aromatic carbocycles. The first-order chi connectivity index (χ1) is 4.83. The third-order valence-electron chi connectivity index (χ3n) is 1.13. The van der Waals surface area contributed by atoms with E-state index in [2.05, 4.69) is 4.98 Å². The zero-order valence-electron chi connectivity index (χ0n) is 5.83. The predicted octanol–water partition coefficient (Wildman–Crippen LogP) is 0.914. The number of anilines is 1. The lowest BCUT2D eigenvalue weighted by molar-refractivity contribution is 0.201. The summed E-state index contributed by atoms with van der Waals surface area (Å²) in [5.74, 6) is 0. The number of nitrogens with two attached hydrogens (primary N) is 1. The largest absolute Gasteiger partial charge is 0.384 e. The van der Waals surface area contributed by atoms with Crippen molar-refractivity contribution in [1.82, 2.24) is 4.98 Å². The van der Waals surface area contributed by atoms with Crippen molar-refractivity contribution in [2.45, 2.75) is 6.42 Å². The van der Waals surface area contributed by atoms with Crippen molar-refractivity contribution in [3.05, 3.63) is 11.1 Å². The molecule has 1 aromatic heterocycles. The van der Waals surface area contributed by atoms with Gasteiger partial charge in [-0.2, -0.15) is 0 Å². The fourth-order valence-corrected chi connectivity index (χ4v) is 1.24. The molecule has 0 saturated carbocycles. The van der Waals surface area contributed by atoms with Gasteiger partial charge in [-0.05, 0) is 0 Å². The van der Waals surface area contributed by atoms with Gasteiger partial charge in [0, 0.05) is 18.9 Å². The molecule has 1 aromatic rings. The van der Waals surface area contributed by atoms with Crippen molar-refractivity contribution >= 4 is 16.5 Å². The van der Waals surface area contributed by atoms with E-state index in [1.807, 2.05) is 5.38 Å². The number of nitrogens with zero attached hydrogens (tertiary/aromatic N) is 1. The number of aromatic nitrogens is 1. The van der Waals surface area contributed by atoms with Crippen LogP contribution in [0.5, 0.6) is 0 Å². The number of hydrogen-bond donors (Lipinski definition) is 1. The molecule has 10 heavy (non-hydrogen) atoms. The van der Waals surface area contributed by atoms with Crippen molar-refractivity contribution in [1.29, 1.82) is 0 Å². The molecule has 0 radical (unpaired) electrons. The summed E-state index contributed by atoms with van der Waals surface area (Å²) in [6, 6.07) is 0. The molecule has 0 fully saturated rings. The van der Waals surface area contributed by atoms with Gasteiger partial charge in [0.05, 0.1) is 12.3 Å². The Kier molecular flexibility index (Phi) is 2.65. The maximum atomic E-state index is 5.42. The van der Waals surface area contributed by atoms with Crippen LogP contribution in [-0.2, 0) is 11.2 Å². The highest BCUT2D eigenvalue weighted by atomic mass is 32.1. The number of thiazole rings is 1. The zero-order chi connectivity index (χ0) is 7.40. The third kappa shape index (κ3) is 1.97. The molecule has 0 spiro atoms. The maximum absolute atomic E-state index is 5.42. The van der Waals surface area contributed by atoms with Crippen LogP contribution in [0.15, 0.2) is 5.38 Å². The summed E-state index contributed by atoms with van der Waals surface area (Å²) < 4.78 is 4.88. The lowest BCUT2D eigenvalue weighted by atomic mass is 10.4. The second-order valence-corrected chi connectivity index (χ2v) is 2.81. The van der Waals surface area contributed by atoms with Gasteiger partial charge in [0.1, 0.15) is 0 Å². The smallest absolute Gasteiger partial charge is 0.180 e. The van der Waals surface area contributed by atoms with E-state index in [9.17, 15) is 0 Å². The van der Waals surface area contributed by atoms with Crippen LogP contribution >= 0.6 is 11.3 Å². The Morgan fingerprint density at radius 2 is 2.60 bits per heavy atom. The minimum Gasteiger partial charge on any atom is -0.384 e. The Labute approximate surface area is 63.8 Å². The molecule has 1 heterocycles. The molecule has 0 aliphatic heterocycles. The number of methoxy groups -OCH3 is 1. The van der Waals surface area contributed by atoms with Crippen LogP contribution in [0, 0.1) is 0 Å². The molecule has 0 aliphatic carbocycles. The second-order valence-electron chi connectivity index (χ2n) is 1.92. The molecule has 4 heteroatoms. The number of ether oxygens (including phenoxy) is 1. The third-order valence-corrected chi connectivity index (χ3v) is 1.85. The van der Waals surface area contributed by atoms with Crippen molar-refractivity contribution in [3.63, 3.8) is 0 Å². The van der Waals surface area contributed by atoms with E-state index in [1.165, 1.54) is 11.3 Å². The lowest BCUT2D eigenvalue weighted by Crippen LogP contribution is -1.94. The SMILES string of the molecule is COCCc1csc(N)n1. The van der Waals surface area contributed by atoms with Gasteiger partial charge in [0.25, 0.3) is 0 Å². The highest BCUT2D eigenvalue weighted by molar-refractivity contribution is 7.13. The van der Waals surface area contributed by atoms with Crippen LogP contribution in [0.4, 0.5) is 5.13 Å². The molecule has 0 bridgehead atoms. The summed E-state index contributed by atoms with van der Waals surface area (Å²) in [6.45, 7) is 0.711. The Bertz CT molecular complexity index is 199. The van der Waals surface area contributed by atoms with E-state index in [4.69, 9.17) is 10.5 Å². The average molecular weight is 158 g/mol. The zero-order valence-corrected chi connectivity index (χ0v) is 6.65. The summed E-state index contributed by atoms with van der Waals surface area (Å²) in [5.41, 5.74) is 6.43. The maximum Gasteiger partial charge on any atom is 0.180 e. The molecule has 56 valence electrons. The van der Waals surface area contributed by atoms with Gasteiger partial charge in [-0.25, -0.2) is 4.98 Å². The van der Waals surface area contributed by atoms with Gasteiger partial charge in [0.15, 0.2) is 5.13 Å². The summed E-state index contributed by atoms with van der Waals surface area (Å²) in [7, 11) is 1.68. The van der Waals surface area contributed by atoms with Gasteiger partial charge < -0.3 is 10.5 Å². The summed E-state index contributed by atoms with van der Waals surface area (Å²) in [5, 5.41) is 2.58. The van der Waals surface area contributed by atoms with E-state index in [-0.39, 0.29) is 0 Å². The van der Waals surface area contributed by atoms with Gasteiger partial charge in [-0.3, -0.25) is 0 Å². The van der Waals surface area contributed by atoms with E-state index in [1.54, 1.807) is 7.11 Å². The standard InChI is InChI=1S/C6H10N2OS/c1-9-3-2-5-4-10-6(7)8-5/h4H,2-3H2,1H3,(H2,7,8). The lowest BCUT2D eigenvalue weighted by Gasteiger charge is -1.92. The van der Waals surface area contributed by atoms with E-state index in [0.717, 1.165) is 12.1 Å². The minimum absolute atomic E-state index is 0.631. The highest BCUT2D eigenvalue weighted by Gasteiger charge is 1.96. The predicted molar refractivity (Wildman–Crippen MR) is 42.1 cm³/mol. The molecule has 0 unspecified atom stereocenters. The molecule has 3 nitrogen and oxygen atoms in total. The second kappa shape index (κ2) is 3.53. The van der Waals surface area contributed by atoms with Gasteiger partial charge in [-0.15, -0.1) is 11.3 Å². The van der Waals surface area contributed by atoms with Crippen LogP contribution < -0.4 is 5.73 Å². The van der Waals surface area contributed by atoms with Crippen LogP contribution in [0.25, 0.3) is 0 Å². The van der Waals surface area contributed by atoms with Crippen molar-refractivity contribution in [2.75, 3.05) is 19.5 Å². The van der Waals surface area contributed by atoms with Crippen molar-refractivity contribution in [2.24, 2.45) is 0 Å². The van der Waals surface area contributed by atoms with Crippen LogP contribution in [-0.4, -0.2) is 18.7 Å². The van der Waals surface area contributed by atoms with E-state index >= 15 is 0 Å². The van der Waals surface area contributed by atoms with Crippen LogP contribution in [0.2, 0.25) is 0 Å². The first-order valence-corrected chi connectivity index (χ1v) is 3.89. The van der Waals surface area contributed by atoms with Gasteiger partial charge >= 0.3 is 0 Å². The topological polar surface area (TPSA) is 48.1 Å². The quantitative estimate of drug-likeness (QED) is 0.711. The fourth-order valence-electron chi connectivity index (χ4n) is 0.644. The average Bonchev–Trinajstić information content (AvgIpc) is 2.31. The molecule has 0 amide bonds. The summed E-state index contributed by atoms with van der Waals surface area (Å²) in [6.07, 6.45) is 0.851. The summed E-state index contributed by atoms with van der Waals surface area (Å²) in [4.78, 5) is 4.06. The van der Waals surface area contributed by atoms with Crippen molar-refractivity contribution in [3.8, 4) is 0 Å². The Morgan fingerprint density at radius 1 is 1.80 bits per heavy atom. The van der Waals surface area contributed by atoms with E-state index in [0.29, 0.717) is 11.7 Å². The monoisotopic (exact) mass is 158 g/mol. The normalized spacial score (nSPS) is 10.1. The Morgan fingerprint density at radius 3 is 3.10 bits per heavy atom. The number of nitrogen functional groups attached to an aromatic ring is 1. The first kappa shape index (κ1) is 7.50. The number of hydrogen-bond acceptors (Lipinski definition) is 4. The number of rotatable bonds is 3. The molecule has 2 N–H and O–H groups in total.